The molecule has 1 saturated heterocycles. The molecule has 0 saturated carbocycles. The molecule has 1 fully saturated rings. The minimum Gasteiger partial charge on any atom is -0.469 e. The molecule has 1 aliphatic rings. The van der Waals surface area contributed by atoms with E-state index in [2.05, 4.69) is 10.1 Å². The summed E-state index contributed by atoms with van der Waals surface area (Å²) in [6, 6.07) is 6.36. The van der Waals surface area contributed by atoms with Crippen LogP contribution >= 0.6 is 0 Å². The molecule has 0 atom stereocenters. The third-order valence-electron chi connectivity index (χ3n) is 3.21. The van der Waals surface area contributed by atoms with Gasteiger partial charge in [0, 0.05) is 26.2 Å². The Balaban J connectivity index is 2.14. The zero-order chi connectivity index (χ0) is 14.6. The summed E-state index contributed by atoms with van der Waals surface area (Å²) in [4.78, 5) is 11.4. The second kappa shape index (κ2) is 6.34. The normalized spacial score (nSPS) is 16.9. The van der Waals surface area contributed by atoms with Gasteiger partial charge in [0.1, 0.15) is 0 Å². The lowest BCUT2D eigenvalue weighted by Crippen LogP contribution is -2.46. The van der Waals surface area contributed by atoms with Gasteiger partial charge in [0.25, 0.3) is 0 Å². The molecule has 20 heavy (non-hydrogen) atoms. The van der Waals surface area contributed by atoms with Crippen LogP contribution in [0.15, 0.2) is 29.2 Å². The number of piperazine rings is 1. The minimum atomic E-state index is -3.44. The molecule has 1 aromatic rings. The van der Waals surface area contributed by atoms with Crippen molar-refractivity contribution in [3.05, 3.63) is 29.8 Å². The number of nitrogens with one attached hydrogen (secondary N) is 1. The Morgan fingerprint density at radius 1 is 1.25 bits per heavy atom. The number of benzene rings is 1. The third kappa shape index (κ3) is 3.36. The van der Waals surface area contributed by atoms with Gasteiger partial charge in [0.2, 0.25) is 10.0 Å². The highest BCUT2D eigenvalue weighted by atomic mass is 32.2. The van der Waals surface area contributed by atoms with E-state index >= 15 is 0 Å². The average molecular weight is 298 g/mol. The van der Waals surface area contributed by atoms with Crippen molar-refractivity contribution in [3.8, 4) is 0 Å². The van der Waals surface area contributed by atoms with E-state index in [0.717, 1.165) is 5.56 Å². The van der Waals surface area contributed by atoms with E-state index in [1.807, 2.05) is 0 Å². The van der Waals surface area contributed by atoms with Crippen LogP contribution in [0.3, 0.4) is 0 Å². The number of esters is 1. The maximum Gasteiger partial charge on any atom is 0.309 e. The molecule has 0 aliphatic carbocycles. The van der Waals surface area contributed by atoms with Crippen molar-refractivity contribution < 1.29 is 17.9 Å². The number of sulfonamides is 1. The molecule has 1 heterocycles. The fraction of sp³-hybridized carbons (Fsp3) is 0.462. The van der Waals surface area contributed by atoms with Crippen molar-refractivity contribution in [1.82, 2.24) is 9.62 Å². The lowest BCUT2D eigenvalue weighted by molar-refractivity contribution is -0.139. The fourth-order valence-corrected chi connectivity index (χ4v) is 3.49. The summed E-state index contributed by atoms with van der Waals surface area (Å²) in [5.41, 5.74) is 0.733. The maximum atomic E-state index is 12.4. The van der Waals surface area contributed by atoms with Gasteiger partial charge >= 0.3 is 5.97 Å². The second-order valence-electron chi connectivity index (χ2n) is 4.55. The summed E-state index contributed by atoms with van der Waals surface area (Å²) in [6.07, 6.45) is 0.143. The van der Waals surface area contributed by atoms with Gasteiger partial charge in [-0.05, 0) is 17.7 Å². The Kier molecular flexibility index (Phi) is 4.74. The van der Waals surface area contributed by atoms with Crippen molar-refractivity contribution in [1.29, 1.82) is 0 Å². The lowest BCUT2D eigenvalue weighted by atomic mass is 10.2. The first-order valence-corrected chi connectivity index (χ1v) is 7.84. The molecule has 110 valence electrons. The van der Waals surface area contributed by atoms with Gasteiger partial charge in [-0.15, -0.1) is 0 Å². The average Bonchev–Trinajstić information content (AvgIpc) is 2.48. The molecular weight excluding hydrogens is 280 g/mol. The van der Waals surface area contributed by atoms with E-state index in [0.29, 0.717) is 26.2 Å². The van der Waals surface area contributed by atoms with Crippen molar-refractivity contribution in [2.24, 2.45) is 0 Å². The summed E-state index contributed by atoms with van der Waals surface area (Å²) >= 11 is 0. The standard InChI is InChI=1S/C13H18N2O4S/c1-19-13(16)10-11-2-4-12(5-3-11)20(17,18)15-8-6-14-7-9-15/h2-5,14H,6-10H2,1H3. The number of carbonyl (C=O) groups is 1. The Bertz CT molecular complexity index is 563. The smallest absolute Gasteiger partial charge is 0.309 e. The molecule has 0 aromatic heterocycles. The van der Waals surface area contributed by atoms with E-state index in [9.17, 15) is 13.2 Å². The van der Waals surface area contributed by atoms with Crippen LogP contribution in [0, 0.1) is 0 Å². The predicted octanol–water partition coefficient (Wildman–Crippen LogP) is -0.00400. The molecule has 7 heteroatoms. The monoisotopic (exact) mass is 298 g/mol. The number of hydrogen-bond acceptors (Lipinski definition) is 5. The molecule has 0 unspecified atom stereocenters. The van der Waals surface area contributed by atoms with E-state index < -0.39 is 10.0 Å². The Morgan fingerprint density at radius 2 is 1.85 bits per heavy atom. The predicted molar refractivity (Wildman–Crippen MR) is 73.8 cm³/mol. The molecule has 6 nitrogen and oxygen atoms in total. The van der Waals surface area contributed by atoms with Gasteiger partial charge in [-0.2, -0.15) is 4.31 Å². The topological polar surface area (TPSA) is 75.7 Å². The van der Waals surface area contributed by atoms with Crippen LogP contribution in [-0.4, -0.2) is 52.0 Å². The minimum absolute atomic E-state index is 0.143. The molecule has 1 aromatic carbocycles. The summed E-state index contributed by atoms with van der Waals surface area (Å²) in [5.74, 6) is -0.345. The number of nitrogens with zero attached hydrogens (tertiary/aromatic N) is 1. The zero-order valence-electron chi connectivity index (χ0n) is 11.3. The first kappa shape index (κ1) is 15.0. The van der Waals surface area contributed by atoms with Crippen LogP contribution in [0.4, 0.5) is 0 Å². The van der Waals surface area contributed by atoms with E-state index in [1.165, 1.54) is 23.5 Å². The molecule has 0 radical (unpaired) electrons. The highest BCUT2D eigenvalue weighted by Crippen LogP contribution is 2.17. The van der Waals surface area contributed by atoms with Crippen molar-refractivity contribution in [2.75, 3.05) is 33.3 Å². The summed E-state index contributed by atoms with van der Waals surface area (Å²) in [6.45, 7) is 2.29. The first-order chi connectivity index (χ1) is 9.54. The van der Waals surface area contributed by atoms with E-state index in [1.54, 1.807) is 12.1 Å². The van der Waals surface area contributed by atoms with Crippen molar-refractivity contribution in [2.45, 2.75) is 11.3 Å². The fourth-order valence-electron chi connectivity index (χ4n) is 2.05. The van der Waals surface area contributed by atoms with Crippen LogP contribution < -0.4 is 5.32 Å². The quantitative estimate of drug-likeness (QED) is 0.792. The number of carbonyl (C=O) groups excluding carboxylic acids is 1. The van der Waals surface area contributed by atoms with Gasteiger partial charge in [-0.1, -0.05) is 12.1 Å². The van der Waals surface area contributed by atoms with Gasteiger partial charge in [0.05, 0.1) is 18.4 Å². The van der Waals surface area contributed by atoms with Gasteiger partial charge in [-0.3, -0.25) is 4.79 Å². The van der Waals surface area contributed by atoms with Crippen molar-refractivity contribution in [3.63, 3.8) is 0 Å². The van der Waals surface area contributed by atoms with E-state index in [4.69, 9.17) is 0 Å². The highest BCUT2D eigenvalue weighted by molar-refractivity contribution is 7.89. The number of ether oxygens (including phenoxy) is 1. The Labute approximate surface area is 118 Å². The van der Waals surface area contributed by atoms with Gasteiger partial charge < -0.3 is 10.1 Å². The van der Waals surface area contributed by atoms with Gasteiger partial charge in [-0.25, -0.2) is 8.42 Å². The number of rotatable bonds is 4. The largest absolute Gasteiger partial charge is 0.469 e. The molecule has 0 amide bonds. The SMILES string of the molecule is COC(=O)Cc1ccc(S(=O)(=O)N2CCNCC2)cc1. The molecule has 2 rings (SSSR count). The summed E-state index contributed by atoms with van der Waals surface area (Å²) in [7, 11) is -2.11. The third-order valence-corrected chi connectivity index (χ3v) is 5.13. The Morgan fingerprint density at radius 3 is 2.40 bits per heavy atom. The molecule has 1 aliphatic heterocycles. The van der Waals surface area contributed by atoms with Crippen molar-refractivity contribution >= 4 is 16.0 Å². The molecule has 0 spiro atoms. The first-order valence-electron chi connectivity index (χ1n) is 6.40. The highest BCUT2D eigenvalue weighted by Gasteiger charge is 2.25. The van der Waals surface area contributed by atoms with E-state index in [-0.39, 0.29) is 17.3 Å². The second-order valence-corrected chi connectivity index (χ2v) is 6.49. The van der Waals surface area contributed by atoms with Crippen LogP contribution in [-0.2, 0) is 26.0 Å². The van der Waals surface area contributed by atoms with Crippen LogP contribution in [0.25, 0.3) is 0 Å². The lowest BCUT2D eigenvalue weighted by Gasteiger charge is -2.26. The summed E-state index contributed by atoms with van der Waals surface area (Å²) < 4.78 is 30.8. The number of hydrogen-bond donors (Lipinski definition) is 1. The number of methoxy groups -OCH3 is 1. The summed E-state index contributed by atoms with van der Waals surface area (Å²) in [5, 5.41) is 3.12. The van der Waals surface area contributed by atoms with Gasteiger partial charge in [0.15, 0.2) is 0 Å². The molecule has 1 N–H and O–H groups in total. The zero-order valence-corrected chi connectivity index (χ0v) is 12.1. The molecular formula is C13H18N2O4S. The Hall–Kier alpha value is -1.44. The maximum absolute atomic E-state index is 12.4. The van der Waals surface area contributed by atoms with Crippen LogP contribution in [0.1, 0.15) is 5.56 Å². The van der Waals surface area contributed by atoms with Crippen LogP contribution in [0.5, 0.6) is 0 Å². The van der Waals surface area contributed by atoms with Crippen LogP contribution in [0.2, 0.25) is 0 Å². The molecule has 0 bridgehead atoms.